The van der Waals surface area contributed by atoms with Gasteiger partial charge in [-0.15, -0.1) is 0 Å². The third kappa shape index (κ3) is 5.91. The Hall–Kier alpha value is -2.58. The molecule has 2 fully saturated rings. The topological polar surface area (TPSA) is 79.1 Å². The number of carbonyl (C=O) groups is 2. The third-order valence-electron chi connectivity index (χ3n) is 6.68. The number of ether oxygens (including phenoxy) is 1. The zero-order valence-electron chi connectivity index (χ0n) is 20.1. The van der Waals surface area contributed by atoms with Crippen molar-refractivity contribution in [3.05, 3.63) is 46.8 Å². The van der Waals surface area contributed by atoms with Gasteiger partial charge in [-0.2, -0.15) is 0 Å². The molecule has 2 aromatic rings. The minimum atomic E-state index is -0.193. The van der Waals surface area contributed by atoms with Gasteiger partial charge in [0.25, 0.3) is 5.91 Å². The highest BCUT2D eigenvalue weighted by Gasteiger charge is 2.37. The van der Waals surface area contributed by atoms with Gasteiger partial charge in [0.2, 0.25) is 11.7 Å². The molecule has 184 valence electrons. The predicted octanol–water partition coefficient (Wildman–Crippen LogP) is 3.53. The first kappa shape index (κ1) is 24.5. The molecule has 34 heavy (non-hydrogen) atoms. The van der Waals surface area contributed by atoms with Crippen LogP contribution in [0.25, 0.3) is 0 Å². The number of hydrogen-bond acceptors (Lipinski definition) is 6. The number of hydrogen-bond donors (Lipinski definition) is 0. The Morgan fingerprint density at radius 1 is 1.12 bits per heavy atom. The molecule has 2 amide bonds. The molecule has 2 atom stereocenters. The van der Waals surface area contributed by atoms with Gasteiger partial charge in [0.1, 0.15) is 11.9 Å². The average Bonchev–Trinajstić information content (AvgIpc) is 3.32. The van der Waals surface area contributed by atoms with E-state index in [9.17, 15) is 9.59 Å². The largest absolute Gasteiger partial charge is 0.490 e. The fourth-order valence-corrected chi connectivity index (χ4v) is 4.59. The third-order valence-corrected chi connectivity index (χ3v) is 6.93. The molecule has 0 spiro atoms. The highest BCUT2D eigenvalue weighted by molar-refractivity contribution is 6.30. The molecule has 8 nitrogen and oxygen atoms in total. The number of likely N-dealkylation sites (tertiary alicyclic amines) is 1. The van der Waals surface area contributed by atoms with Gasteiger partial charge in [-0.1, -0.05) is 30.6 Å². The smallest absolute Gasteiger partial charge is 0.292 e. The molecule has 4 rings (SSSR count). The lowest BCUT2D eigenvalue weighted by molar-refractivity contribution is -0.135. The lowest BCUT2D eigenvalue weighted by Crippen LogP contribution is -2.51. The summed E-state index contributed by atoms with van der Waals surface area (Å²) < 4.78 is 11.6. The number of likely N-dealkylation sites (N-methyl/N-ethyl adjacent to an activating group) is 1. The predicted molar refractivity (Wildman–Crippen MR) is 129 cm³/mol. The molecule has 1 aromatic heterocycles. The Morgan fingerprint density at radius 3 is 2.47 bits per heavy atom. The highest BCUT2D eigenvalue weighted by atomic mass is 35.5. The normalized spacial score (nSPS) is 21.7. The number of nitrogens with zero attached hydrogens (tertiary/aromatic N) is 4. The van der Waals surface area contributed by atoms with E-state index in [-0.39, 0.29) is 35.5 Å². The molecule has 2 saturated heterocycles. The summed E-state index contributed by atoms with van der Waals surface area (Å²) in [7, 11) is 2.07. The molecule has 0 aliphatic carbocycles. The lowest BCUT2D eigenvalue weighted by atomic mass is 9.90. The molecular weight excluding hydrogens is 456 g/mol. The summed E-state index contributed by atoms with van der Waals surface area (Å²) in [6, 6.07) is 8.96. The van der Waals surface area contributed by atoms with Crippen molar-refractivity contribution in [3.63, 3.8) is 0 Å². The van der Waals surface area contributed by atoms with E-state index in [4.69, 9.17) is 20.9 Å². The van der Waals surface area contributed by atoms with Crippen LogP contribution in [0.5, 0.6) is 5.75 Å². The summed E-state index contributed by atoms with van der Waals surface area (Å²) >= 11 is 6.01. The van der Waals surface area contributed by atoms with Gasteiger partial charge < -0.3 is 24.0 Å². The summed E-state index contributed by atoms with van der Waals surface area (Å²) in [5.41, 5.74) is 0.756. The summed E-state index contributed by atoms with van der Waals surface area (Å²) in [6.07, 6.45) is 0.780. The summed E-state index contributed by atoms with van der Waals surface area (Å²) in [6.45, 7) is 8.15. The Labute approximate surface area is 205 Å². The van der Waals surface area contributed by atoms with Gasteiger partial charge in [0, 0.05) is 69.1 Å². The van der Waals surface area contributed by atoms with E-state index in [0.29, 0.717) is 36.7 Å². The van der Waals surface area contributed by atoms with Crippen LogP contribution in [-0.2, 0) is 4.79 Å². The molecule has 0 radical (unpaired) electrons. The molecule has 0 bridgehead atoms. The van der Waals surface area contributed by atoms with Crippen LogP contribution in [0, 0.1) is 5.92 Å². The van der Waals surface area contributed by atoms with Crippen molar-refractivity contribution in [2.24, 2.45) is 5.92 Å². The van der Waals surface area contributed by atoms with Crippen LogP contribution in [0.1, 0.15) is 48.9 Å². The molecule has 9 heteroatoms. The number of halogens is 1. The van der Waals surface area contributed by atoms with E-state index in [0.717, 1.165) is 31.9 Å². The summed E-state index contributed by atoms with van der Waals surface area (Å²) in [4.78, 5) is 32.2. The van der Waals surface area contributed by atoms with Crippen molar-refractivity contribution < 1.29 is 18.8 Å². The van der Waals surface area contributed by atoms with E-state index in [1.165, 1.54) is 0 Å². The molecule has 3 heterocycles. The maximum atomic E-state index is 13.1. The molecular formula is C25H33ClN4O4. The van der Waals surface area contributed by atoms with Gasteiger partial charge in [-0.3, -0.25) is 9.59 Å². The van der Waals surface area contributed by atoms with Gasteiger partial charge in [-0.05, 0) is 37.2 Å². The zero-order valence-corrected chi connectivity index (χ0v) is 20.8. The maximum absolute atomic E-state index is 13.1. The molecule has 0 N–H and O–H groups in total. The SMILES string of the molecule is CC(C)c1cc(C(=O)N2CC[C@H](Oc3ccc(Cl)cc3)[C@@H](CC(=O)N3CCN(C)CC3)C2)on1. The van der Waals surface area contributed by atoms with Crippen molar-refractivity contribution in [3.8, 4) is 5.75 Å². The minimum Gasteiger partial charge on any atom is -0.490 e. The number of aromatic nitrogens is 1. The number of carbonyl (C=O) groups excluding carboxylic acids is 2. The van der Waals surface area contributed by atoms with Crippen LogP contribution >= 0.6 is 11.6 Å². The van der Waals surface area contributed by atoms with Crippen LogP contribution in [-0.4, -0.2) is 84.1 Å². The first-order valence-electron chi connectivity index (χ1n) is 11.9. The van der Waals surface area contributed by atoms with Crippen LogP contribution in [0.4, 0.5) is 0 Å². The standard InChI is InChI=1S/C25H33ClN4O4/c1-17(2)21-15-23(34-27-21)25(32)30-9-8-22(33-20-6-4-19(26)5-7-20)18(16-30)14-24(31)29-12-10-28(3)11-13-29/h4-7,15,17-18,22H,8-14,16H2,1-3H3/t18-,22-/m0/s1. The fraction of sp³-hybridized carbons (Fsp3) is 0.560. The summed E-state index contributed by atoms with van der Waals surface area (Å²) in [5, 5.41) is 4.66. The van der Waals surface area contributed by atoms with Gasteiger partial charge in [-0.25, -0.2) is 0 Å². The Bertz CT molecular complexity index is 985. The fourth-order valence-electron chi connectivity index (χ4n) is 4.46. The monoisotopic (exact) mass is 488 g/mol. The number of amides is 2. The lowest BCUT2D eigenvalue weighted by Gasteiger charge is -2.39. The van der Waals surface area contributed by atoms with E-state index in [2.05, 4.69) is 17.1 Å². The van der Waals surface area contributed by atoms with Gasteiger partial charge >= 0.3 is 0 Å². The molecule has 0 saturated carbocycles. The second-order valence-electron chi connectivity index (χ2n) is 9.57. The Balaban J connectivity index is 1.47. The number of rotatable bonds is 6. The molecule has 0 unspecified atom stereocenters. The van der Waals surface area contributed by atoms with Crippen molar-refractivity contribution in [2.45, 2.75) is 38.7 Å². The van der Waals surface area contributed by atoms with E-state index >= 15 is 0 Å². The number of piperazine rings is 1. The molecule has 2 aliphatic rings. The van der Waals surface area contributed by atoms with E-state index < -0.39 is 0 Å². The van der Waals surface area contributed by atoms with Crippen LogP contribution in [0.3, 0.4) is 0 Å². The van der Waals surface area contributed by atoms with Crippen molar-refractivity contribution in [1.29, 1.82) is 0 Å². The quantitative estimate of drug-likeness (QED) is 0.619. The van der Waals surface area contributed by atoms with Gasteiger partial charge in [0.05, 0.1) is 5.69 Å². The minimum absolute atomic E-state index is 0.110. The average molecular weight is 489 g/mol. The number of benzene rings is 1. The van der Waals surface area contributed by atoms with Crippen molar-refractivity contribution in [2.75, 3.05) is 46.3 Å². The highest BCUT2D eigenvalue weighted by Crippen LogP contribution is 2.28. The van der Waals surface area contributed by atoms with Crippen LogP contribution < -0.4 is 4.74 Å². The first-order chi connectivity index (χ1) is 16.3. The van der Waals surface area contributed by atoms with Gasteiger partial charge in [0.15, 0.2) is 0 Å². The maximum Gasteiger partial charge on any atom is 0.292 e. The van der Waals surface area contributed by atoms with Crippen LogP contribution in [0.15, 0.2) is 34.9 Å². The van der Waals surface area contributed by atoms with Crippen molar-refractivity contribution >= 4 is 23.4 Å². The Kier molecular flexibility index (Phi) is 7.78. The summed E-state index contributed by atoms with van der Waals surface area (Å²) in [5.74, 6) is 0.916. The van der Waals surface area contributed by atoms with Crippen LogP contribution in [0.2, 0.25) is 5.02 Å². The zero-order chi connectivity index (χ0) is 24.2. The second-order valence-corrected chi connectivity index (χ2v) is 10.0. The van der Waals surface area contributed by atoms with E-state index in [1.807, 2.05) is 30.9 Å². The van der Waals surface area contributed by atoms with Crippen molar-refractivity contribution in [1.82, 2.24) is 19.9 Å². The second kappa shape index (κ2) is 10.8. The molecule has 2 aliphatic heterocycles. The first-order valence-corrected chi connectivity index (χ1v) is 12.3. The van der Waals surface area contributed by atoms with E-state index in [1.54, 1.807) is 23.1 Å². The molecule has 1 aromatic carbocycles. The number of piperidine rings is 1. The Morgan fingerprint density at radius 2 is 1.82 bits per heavy atom.